The maximum atomic E-state index is 11.5. The van der Waals surface area contributed by atoms with Gasteiger partial charge in [-0.2, -0.15) is 0 Å². The Kier molecular flexibility index (Phi) is 3.95. The number of carbonyl (C=O) groups is 1. The topological polar surface area (TPSA) is 81.5 Å². The van der Waals surface area contributed by atoms with Crippen LogP contribution in [0.25, 0.3) is 0 Å². The Balaban J connectivity index is 1.72. The summed E-state index contributed by atoms with van der Waals surface area (Å²) in [6, 6.07) is 12.5. The summed E-state index contributed by atoms with van der Waals surface area (Å²) in [7, 11) is 0. The first-order valence-electron chi connectivity index (χ1n) is 8.53. The third-order valence-corrected chi connectivity index (χ3v) is 5.07. The van der Waals surface area contributed by atoms with E-state index in [1.807, 2.05) is 18.2 Å². The Labute approximate surface area is 150 Å². The molecule has 3 atom stereocenters. The van der Waals surface area contributed by atoms with Gasteiger partial charge in [0.2, 0.25) is 0 Å². The molecular weight excluding hydrogens is 332 g/mol. The number of carbonyl (C=O) groups excluding carboxylic acids is 1. The van der Waals surface area contributed by atoms with Crippen LogP contribution in [0.5, 0.6) is 5.75 Å². The summed E-state index contributed by atoms with van der Waals surface area (Å²) in [5.41, 5.74) is 2.69. The molecular formula is C20H18N2O4. The third kappa shape index (κ3) is 2.73. The van der Waals surface area contributed by atoms with Gasteiger partial charge in [0.25, 0.3) is 5.69 Å². The number of allylic oxidation sites excluding steroid dienone is 2. The van der Waals surface area contributed by atoms with Crippen molar-refractivity contribution < 1.29 is 14.5 Å². The number of rotatable bonds is 3. The van der Waals surface area contributed by atoms with Gasteiger partial charge in [-0.05, 0) is 35.6 Å². The number of hydrogen-bond acceptors (Lipinski definition) is 5. The fraction of sp³-hybridized carbons (Fsp3) is 0.250. The second-order valence-electron chi connectivity index (χ2n) is 6.64. The van der Waals surface area contributed by atoms with Crippen molar-refractivity contribution in [2.75, 3.05) is 5.32 Å². The van der Waals surface area contributed by atoms with E-state index in [2.05, 4.69) is 17.5 Å². The zero-order valence-electron chi connectivity index (χ0n) is 14.2. The molecule has 1 heterocycles. The standard InChI is InChI=1S/C20H18N2O4/c1-12(23)26-14-10-8-13(9-11-14)19-16-5-2-4-15(16)17-6-3-7-18(22(24)25)20(17)21-19/h2-4,6-11,15-16,19,21H,5H2,1H3/t15-,16+,19-/m0/s1. The average molecular weight is 350 g/mol. The van der Waals surface area contributed by atoms with Gasteiger partial charge >= 0.3 is 5.97 Å². The number of nitro benzene ring substituents is 1. The van der Waals surface area contributed by atoms with Crippen LogP contribution in [0, 0.1) is 16.0 Å². The molecule has 1 aliphatic carbocycles. The van der Waals surface area contributed by atoms with Gasteiger partial charge < -0.3 is 10.1 Å². The zero-order chi connectivity index (χ0) is 18.3. The van der Waals surface area contributed by atoms with Crippen molar-refractivity contribution in [1.82, 2.24) is 0 Å². The molecule has 2 aromatic carbocycles. The molecule has 2 aliphatic rings. The van der Waals surface area contributed by atoms with Crippen LogP contribution in [-0.2, 0) is 4.79 Å². The molecule has 0 unspecified atom stereocenters. The minimum Gasteiger partial charge on any atom is -0.427 e. The number of fused-ring (bicyclic) bond motifs is 3. The van der Waals surface area contributed by atoms with Crippen LogP contribution in [0.1, 0.15) is 36.4 Å². The van der Waals surface area contributed by atoms with E-state index in [0.717, 1.165) is 17.5 Å². The van der Waals surface area contributed by atoms with E-state index in [9.17, 15) is 14.9 Å². The van der Waals surface area contributed by atoms with Gasteiger partial charge in [0, 0.05) is 18.9 Å². The molecule has 1 aliphatic heterocycles. The number of nitrogens with zero attached hydrogens (tertiary/aromatic N) is 1. The first kappa shape index (κ1) is 16.3. The van der Waals surface area contributed by atoms with Gasteiger partial charge in [-0.25, -0.2) is 0 Å². The van der Waals surface area contributed by atoms with Gasteiger partial charge in [0.1, 0.15) is 11.4 Å². The van der Waals surface area contributed by atoms with Crippen LogP contribution in [0.15, 0.2) is 54.6 Å². The van der Waals surface area contributed by atoms with Crippen molar-refractivity contribution >= 4 is 17.3 Å². The molecule has 0 saturated carbocycles. The normalized spacial score (nSPS) is 22.9. The Morgan fingerprint density at radius 3 is 2.69 bits per heavy atom. The highest BCUT2D eigenvalue weighted by molar-refractivity contribution is 5.71. The second kappa shape index (κ2) is 6.29. The Morgan fingerprint density at radius 1 is 1.23 bits per heavy atom. The lowest BCUT2D eigenvalue weighted by atomic mass is 9.77. The van der Waals surface area contributed by atoms with Crippen LogP contribution in [0.2, 0.25) is 0 Å². The van der Waals surface area contributed by atoms with Crippen molar-refractivity contribution in [3.63, 3.8) is 0 Å². The highest BCUT2D eigenvalue weighted by atomic mass is 16.6. The van der Waals surface area contributed by atoms with Gasteiger partial charge in [0.05, 0.1) is 11.0 Å². The van der Waals surface area contributed by atoms with E-state index >= 15 is 0 Å². The fourth-order valence-corrected chi connectivity index (χ4v) is 4.00. The first-order chi connectivity index (χ1) is 12.5. The minimum absolute atomic E-state index is 0.0463. The summed E-state index contributed by atoms with van der Waals surface area (Å²) in [6.45, 7) is 1.36. The molecule has 132 valence electrons. The van der Waals surface area contributed by atoms with Crippen molar-refractivity contribution in [1.29, 1.82) is 0 Å². The minimum atomic E-state index is -0.363. The number of hydrogen-bond donors (Lipinski definition) is 1. The highest BCUT2D eigenvalue weighted by Gasteiger charge is 2.40. The maximum absolute atomic E-state index is 11.5. The van der Waals surface area contributed by atoms with Crippen molar-refractivity contribution in [3.05, 3.63) is 75.9 Å². The van der Waals surface area contributed by atoms with E-state index in [4.69, 9.17) is 4.74 Å². The van der Waals surface area contributed by atoms with Crippen molar-refractivity contribution in [3.8, 4) is 5.75 Å². The van der Waals surface area contributed by atoms with Crippen molar-refractivity contribution in [2.45, 2.75) is 25.3 Å². The van der Waals surface area contributed by atoms with Gasteiger partial charge in [0.15, 0.2) is 0 Å². The summed E-state index contributed by atoms with van der Waals surface area (Å²) in [5, 5.41) is 14.9. The lowest BCUT2D eigenvalue weighted by Gasteiger charge is -2.37. The summed E-state index contributed by atoms with van der Waals surface area (Å²) < 4.78 is 5.09. The van der Waals surface area contributed by atoms with E-state index in [-0.39, 0.29) is 28.5 Å². The number of ether oxygens (including phenoxy) is 1. The molecule has 0 radical (unpaired) electrons. The molecule has 0 bridgehead atoms. The van der Waals surface area contributed by atoms with E-state index < -0.39 is 0 Å². The van der Waals surface area contributed by atoms with Crippen LogP contribution in [0.4, 0.5) is 11.4 Å². The molecule has 2 aromatic rings. The molecule has 0 fully saturated rings. The lowest BCUT2D eigenvalue weighted by Crippen LogP contribution is -2.29. The number of nitrogens with one attached hydrogen (secondary N) is 1. The van der Waals surface area contributed by atoms with E-state index in [0.29, 0.717) is 17.4 Å². The summed E-state index contributed by atoms with van der Waals surface area (Å²) in [4.78, 5) is 22.2. The predicted molar refractivity (Wildman–Crippen MR) is 97.2 cm³/mol. The number of esters is 1. The monoisotopic (exact) mass is 350 g/mol. The van der Waals surface area contributed by atoms with Crippen LogP contribution >= 0.6 is 0 Å². The number of benzene rings is 2. The smallest absolute Gasteiger partial charge is 0.308 e. The molecule has 0 spiro atoms. The molecule has 6 nitrogen and oxygen atoms in total. The first-order valence-corrected chi connectivity index (χ1v) is 8.53. The Morgan fingerprint density at radius 2 is 2.00 bits per heavy atom. The highest BCUT2D eigenvalue weighted by Crippen LogP contribution is 2.52. The lowest BCUT2D eigenvalue weighted by molar-refractivity contribution is -0.384. The number of para-hydroxylation sites is 1. The molecule has 4 rings (SSSR count). The molecule has 1 N–H and O–H groups in total. The Hall–Kier alpha value is -3.15. The van der Waals surface area contributed by atoms with E-state index in [1.54, 1.807) is 18.2 Å². The molecule has 26 heavy (non-hydrogen) atoms. The fourth-order valence-electron chi connectivity index (χ4n) is 4.00. The second-order valence-corrected chi connectivity index (χ2v) is 6.64. The largest absolute Gasteiger partial charge is 0.427 e. The summed E-state index contributed by atoms with van der Waals surface area (Å²) >= 11 is 0. The molecule has 0 aromatic heterocycles. The molecule has 6 heteroatoms. The maximum Gasteiger partial charge on any atom is 0.308 e. The quantitative estimate of drug-likeness (QED) is 0.293. The number of anilines is 1. The molecule has 0 amide bonds. The van der Waals surface area contributed by atoms with Gasteiger partial charge in [-0.1, -0.05) is 36.4 Å². The predicted octanol–water partition coefficient (Wildman–Crippen LogP) is 4.35. The van der Waals surface area contributed by atoms with Crippen LogP contribution in [0.3, 0.4) is 0 Å². The van der Waals surface area contributed by atoms with Gasteiger partial charge in [-0.3, -0.25) is 14.9 Å². The third-order valence-electron chi connectivity index (χ3n) is 5.07. The molecule has 0 saturated heterocycles. The zero-order valence-corrected chi connectivity index (χ0v) is 14.2. The van der Waals surface area contributed by atoms with Crippen LogP contribution in [-0.4, -0.2) is 10.9 Å². The Bertz CT molecular complexity index is 905. The number of nitro groups is 1. The summed E-state index contributed by atoms with van der Waals surface area (Å²) in [6.07, 6.45) is 5.20. The van der Waals surface area contributed by atoms with E-state index in [1.165, 1.54) is 13.0 Å². The van der Waals surface area contributed by atoms with Crippen molar-refractivity contribution in [2.24, 2.45) is 5.92 Å². The SMILES string of the molecule is CC(=O)Oc1ccc([C@@H]2Nc3c(cccc3[N+](=O)[O-])[C@H]3C=CC[C@H]32)cc1. The van der Waals surface area contributed by atoms with Gasteiger partial charge in [-0.15, -0.1) is 0 Å². The summed E-state index contributed by atoms with van der Waals surface area (Å²) in [5.74, 6) is 0.580. The average Bonchev–Trinajstić information content (AvgIpc) is 3.10. The van der Waals surface area contributed by atoms with Crippen LogP contribution < -0.4 is 10.1 Å².